The van der Waals surface area contributed by atoms with Crippen LogP contribution in [-0.2, 0) is 0 Å². The number of benzene rings is 2. The van der Waals surface area contributed by atoms with E-state index in [0.717, 1.165) is 24.5 Å². The molecule has 0 aliphatic heterocycles. The van der Waals surface area contributed by atoms with Crippen molar-refractivity contribution in [2.24, 2.45) is 0 Å². The maximum atomic E-state index is 5.97. The molecule has 124 valence electrons. The van der Waals surface area contributed by atoms with E-state index in [-0.39, 0.29) is 0 Å². The second-order valence-corrected chi connectivity index (χ2v) is 5.39. The molecule has 2 aromatic carbocycles. The summed E-state index contributed by atoms with van der Waals surface area (Å²) < 4.78 is 1.62. The van der Waals surface area contributed by atoms with E-state index < -0.39 is 0 Å². The Hall–Kier alpha value is -3.02. The van der Waals surface area contributed by atoms with E-state index in [1.54, 1.807) is 4.68 Å². The lowest BCUT2D eigenvalue weighted by atomic mass is 10.2. The van der Waals surface area contributed by atoms with Gasteiger partial charge in [0.1, 0.15) is 0 Å². The second-order valence-electron chi connectivity index (χ2n) is 5.39. The highest BCUT2D eigenvalue weighted by Crippen LogP contribution is 2.21. The quantitative estimate of drug-likeness (QED) is 0.727. The Kier molecular flexibility index (Phi) is 4.65. The Morgan fingerprint density at radius 2 is 1.67 bits per heavy atom. The fourth-order valence-electron chi connectivity index (χ4n) is 2.61. The fourth-order valence-corrected chi connectivity index (χ4v) is 2.61. The molecule has 1 aromatic heterocycles. The summed E-state index contributed by atoms with van der Waals surface area (Å²) in [7, 11) is 0. The number of hydrogen-bond donors (Lipinski definition) is 2. The Bertz CT molecular complexity index is 775. The number of aromatic nitrogens is 3. The van der Waals surface area contributed by atoms with Crippen molar-refractivity contribution in [3.8, 4) is 5.69 Å². The molecule has 24 heavy (non-hydrogen) atoms. The third-order valence-corrected chi connectivity index (χ3v) is 3.88. The molecule has 1 heterocycles. The van der Waals surface area contributed by atoms with Gasteiger partial charge in [-0.05, 0) is 50.2 Å². The maximum absolute atomic E-state index is 5.97. The predicted molar refractivity (Wildman–Crippen MR) is 99.1 cm³/mol. The van der Waals surface area contributed by atoms with Crippen LogP contribution in [0.15, 0.2) is 54.6 Å². The number of rotatable bonds is 6. The van der Waals surface area contributed by atoms with Crippen molar-refractivity contribution in [2.75, 3.05) is 29.0 Å². The lowest BCUT2D eigenvalue weighted by Gasteiger charge is -2.21. The SMILES string of the molecule is CCN(CC)c1ccc(Nc2nc(N)n(-c3ccccc3)n2)cc1. The van der Waals surface area contributed by atoms with Crippen LogP contribution in [-0.4, -0.2) is 27.9 Å². The normalized spacial score (nSPS) is 10.6. The van der Waals surface area contributed by atoms with Crippen molar-refractivity contribution in [1.29, 1.82) is 0 Å². The summed E-state index contributed by atoms with van der Waals surface area (Å²) in [4.78, 5) is 6.58. The first-order chi connectivity index (χ1) is 11.7. The van der Waals surface area contributed by atoms with E-state index >= 15 is 0 Å². The molecule has 3 rings (SSSR count). The summed E-state index contributed by atoms with van der Waals surface area (Å²) in [6.45, 7) is 6.28. The smallest absolute Gasteiger partial charge is 0.248 e. The van der Waals surface area contributed by atoms with Crippen molar-refractivity contribution in [1.82, 2.24) is 14.8 Å². The monoisotopic (exact) mass is 322 g/mol. The standard InChI is InChI=1S/C18H22N6/c1-3-23(4-2)15-12-10-14(11-13-15)20-18-21-17(19)24(22-18)16-8-6-5-7-9-16/h5-13H,3-4H2,1-2H3,(H3,19,20,21,22). The molecule has 0 unspecified atom stereocenters. The molecule has 0 saturated heterocycles. The van der Waals surface area contributed by atoms with Crippen LogP contribution >= 0.6 is 0 Å². The lowest BCUT2D eigenvalue weighted by molar-refractivity contribution is 0.866. The van der Waals surface area contributed by atoms with Gasteiger partial charge in [-0.2, -0.15) is 9.67 Å². The Labute approximate surface area is 141 Å². The molecule has 3 aromatic rings. The van der Waals surface area contributed by atoms with Crippen LogP contribution in [0.25, 0.3) is 5.69 Å². The highest BCUT2D eigenvalue weighted by atomic mass is 15.4. The van der Waals surface area contributed by atoms with Crippen LogP contribution in [0, 0.1) is 0 Å². The van der Waals surface area contributed by atoms with E-state index in [0.29, 0.717) is 11.9 Å². The molecule has 0 aliphatic rings. The van der Waals surface area contributed by atoms with Gasteiger partial charge in [0.15, 0.2) is 0 Å². The lowest BCUT2D eigenvalue weighted by Crippen LogP contribution is -2.21. The van der Waals surface area contributed by atoms with E-state index in [1.165, 1.54) is 5.69 Å². The van der Waals surface area contributed by atoms with E-state index in [9.17, 15) is 0 Å². The van der Waals surface area contributed by atoms with Crippen molar-refractivity contribution in [2.45, 2.75) is 13.8 Å². The first-order valence-electron chi connectivity index (χ1n) is 8.11. The van der Waals surface area contributed by atoms with Gasteiger partial charge in [-0.1, -0.05) is 18.2 Å². The van der Waals surface area contributed by atoms with Crippen LogP contribution in [0.5, 0.6) is 0 Å². The maximum Gasteiger partial charge on any atom is 0.248 e. The highest BCUT2D eigenvalue weighted by molar-refractivity contribution is 5.60. The molecule has 0 amide bonds. The molecule has 3 N–H and O–H groups in total. The van der Waals surface area contributed by atoms with Crippen LogP contribution in [0.4, 0.5) is 23.3 Å². The van der Waals surface area contributed by atoms with Gasteiger partial charge in [0, 0.05) is 24.5 Å². The summed E-state index contributed by atoms with van der Waals surface area (Å²) >= 11 is 0. The number of nitrogen functional groups attached to an aromatic ring is 1. The van der Waals surface area contributed by atoms with Crippen molar-refractivity contribution in [3.05, 3.63) is 54.6 Å². The van der Waals surface area contributed by atoms with E-state index in [4.69, 9.17) is 5.73 Å². The van der Waals surface area contributed by atoms with E-state index in [2.05, 4.69) is 46.3 Å². The minimum Gasteiger partial charge on any atom is -0.372 e. The van der Waals surface area contributed by atoms with Gasteiger partial charge in [-0.15, -0.1) is 5.10 Å². The van der Waals surface area contributed by atoms with Gasteiger partial charge in [-0.3, -0.25) is 0 Å². The summed E-state index contributed by atoms with van der Waals surface area (Å²) in [6, 6.07) is 17.9. The fraction of sp³-hybridized carbons (Fsp3) is 0.222. The minimum absolute atomic E-state index is 0.350. The molecule has 0 radical (unpaired) electrons. The zero-order chi connectivity index (χ0) is 16.9. The van der Waals surface area contributed by atoms with Crippen LogP contribution < -0.4 is 16.0 Å². The Morgan fingerprint density at radius 3 is 2.29 bits per heavy atom. The number of hydrogen-bond acceptors (Lipinski definition) is 5. The average Bonchev–Trinajstić information content (AvgIpc) is 2.98. The number of para-hydroxylation sites is 1. The number of anilines is 4. The first kappa shape index (κ1) is 15.9. The van der Waals surface area contributed by atoms with E-state index in [1.807, 2.05) is 42.5 Å². The minimum atomic E-state index is 0.350. The summed E-state index contributed by atoms with van der Waals surface area (Å²) in [5, 5.41) is 7.62. The molecule has 0 fully saturated rings. The third-order valence-electron chi connectivity index (χ3n) is 3.88. The molecule has 0 aliphatic carbocycles. The zero-order valence-electron chi connectivity index (χ0n) is 14.0. The molecule has 0 atom stereocenters. The van der Waals surface area contributed by atoms with Gasteiger partial charge in [-0.25, -0.2) is 0 Å². The largest absolute Gasteiger partial charge is 0.372 e. The van der Waals surface area contributed by atoms with Crippen molar-refractivity contribution in [3.63, 3.8) is 0 Å². The molecule has 0 saturated carbocycles. The van der Waals surface area contributed by atoms with Gasteiger partial charge in [0.25, 0.3) is 0 Å². The van der Waals surface area contributed by atoms with Crippen LogP contribution in [0.2, 0.25) is 0 Å². The van der Waals surface area contributed by atoms with Gasteiger partial charge in [0.2, 0.25) is 11.9 Å². The summed E-state index contributed by atoms with van der Waals surface area (Å²) in [5.41, 5.74) is 8.98. The molecule has 0 spiro atoms. The summed E-state index contributed by atoms with van der Waals surface area (Å²) in [6.07, 6.45) is 0. The predicted octanol–water partition coefficient (Wildman–Crippen LogP) is 3.44. The first-order valence-corrected chi connectivity index (χ1v) is 8.11. The molecule has 6 heteroatoms. The zero-order valence-corrected chi connectivity index (χ0v) is 14.0. The number of nitrogens with two attached hydrogens (primary N) is 1. The van der Waals surface area contributed by atoms with Gasteiger partial charge >= 0.3 is 0 Å². The van der Waals surface area contributed by atoms with Crippen molar-refractivity contribution < 1.29 is 0 Å². The van der Waals surface area contributed by atoms with Crippen LogP contribution in [0.1, 0.15) is 13.8 Å². The molecule has 6 nitrogen and oxygen atoms in total. The van der Waals surface area contributed by atoms with Crippen LogP contribution in [0.3, 0.4) is 0 Å². The molecular weight excluding hydrogens is 300 g/mol. The third kappa shape index (κ3) is 3.32. The van der Waals surface area contributed by atoms with Gasteiger partial charge < -0.3 is 16.0 Å². The average molecular weight is 322 g/mol. The molecular formula is C18H22N6. The molecule has 0 bridgehead atoms. The Morgan fingerprint density at radius 1 is 1.00 bits per heavy atom. The number of nitrogens with zero attached hydrogens (tertiary/aromatic N) is 4. The Balaban J connectivity index is 1.77. The topological polar surface area (TPSA) is 72.0 Å². The number of nitrogens with one attached hydrogen (secondary N) is 1. The highest BCUT2D eigenvalue weighted by Gasteiger charge is 2.09. The second kappa shape index (κ2) is 7.04. The van der Waals surface area contributed by atoms with Gasteiger partial charge in [0.05, 0.1) is 5.69 Å². The summed E-state index contributed by atoms with van der Waals surface area (Å²) in [5.74, 6) is 0.829. The van der Waals surface area contributed by atoms with Crippen molar-refractivity contribution >= 4 is 23.3 Å².